The molecule has 2 unspecified atom stereocenters. The van der Waals surface area contributed by atoms with Crippen molar-refractivity contribution < 1.29 is 23.5 Å². The Morgan fingerprint density at radius 1 is 1.29 bits per heavy atom. The van der Waals surface area contributed by atoms with Crippen molar-refractivity contribution in [2.45, 2.75) is 57.5 Å². The fourth-order valence-electron chi connectivity index (χ4n) is 3.45. The normalized spacial score (nSPS) is 17.2. The molecule has 1 aromatic carbocycles. The van der Waals surface area contributed by atoms with Gasteiger partial charge in [0, 0.05) is 24.9 Å². The highest BCUT2D eigenvalue weighted by molar-refractivity contribution is 5.87. The average molecular weight is 392 g/mol. The molecule has 0 saturated carbocycles. The number of carboxylic acids is 1. The molecule has 2 atom stereocenters. The van der Waals surface area contributed by atoms with E-state index in [0.717, 1.165) is 18.8 Å². The van der Waals surface area contributed by atoms with Gasteiger partial charge in [-0.3, -0.25) is 4.79 Å². The molecule has 150 valence electrons. The molecular formula is C19H22F2N4O3. The Bertz CT molecular complexity index is 851. The largest absolute Gasteiger partial charge is 0.480 e. The zero-order valence-electron chi connectivity index (χ0n) is 15.4. The number of hydrogen-bond donors (Lipinski definition) is 2. The summed E-state index contributed by atoms with van der Waals surface area (Å²) in [4.78, 5) is 24.4. The second-order valence-corrected chi connectivity index (χ2v) is 6.82. The highest BCUT2D eigenvalue weighted by atomic mass is 19.3. The Hall–Kier alpha value is -2.84. The molecule has 0 spiro atoms. The molecule has 28 heavy (non-hydrogen) atoms. The highest BCUT2D eigenvalue weighted by Gasteiger charge is 2.32. The molecule has 1 aliphatic rings. The smallest absolute Gasteiger partial charge is 0.326 e. The van der Waals surface area contributed by atoms with Crippen LogP contribution < -0.4 is 5.32 Å². The number of carbonyl (C=O) groups excluding carboxylic acids is 1. The number of aliphatic carboxylic acids is 1. The molecule has 7 nitrogen and oxygen atoms in total. The van der Waals surface area contributed by atoms with E-state index in [0.29, 0.717) is 24.2 Å². The van der Waals surface area contributed by atoms with Crippen LogP contribution in [-0.2, 0) is 29.0 Å². The monoisotopic (exact) mass is 392 g/mol. The van der Waals surface area contributed by atoms with Gasteiger partial charge in [0.1, 0.15) is 17.7 Å². The Kier molecular flexibility index (Phi) is 6.01. The zero-order chi connectivity index (χ0) is 20.3. The Balaban J connectivity index is 1.72. The third-order valence-electron chi connectivity index (χ3n) is 4.96. The third kappa shape index (κ3) is 4.18. The molecule has 1 aromatic heterocycles. The van der Waals surface area contributed by atoms with Crippen LogP contribution in [0.4, 0.5) is 8.78 Å². The van der Waals surface area contributed by atoms with Crippen LogP contribution in [0.3, 0.4) is 0 Å². The van der Waals surface area contributed by atoms with E-state index in [2.05, 4.69) is 15.5 Å². The number of aryl methyl sites for hydroxylation is 1. The van der Waals surface area contributed by atoms with Gasteiger partial charge in [-0.2, -0.15) is 0 Å². The van der Waals surface area contributed by atoms with E-state index in [-0.39, 0.29) is 12.0 Å². The van der Waals surface area contributed by atoms with Crippen LogP contribution in [0, 0.1) is 0 Å². The molecule has 0 aliphatic carbocycles. The number of nitrogens with one attached hydrogen (secondary N) is 1. The summed E-state index contributed by atoms with van der Waals surface area (Å²) in [5.41, 5.74) is 0.421. The van der Waals surface area contributed by atoms with Crippen LogP contribution in [0.5, 0.6) is 0 Å². The molecule has 3 rings (SSSR count). The standard InChI is InChI=1S/C19H22F2N4O3/c1-2-15-23-24-17-13(4-3-9-25(15)17)18(26)22-14(19(27)28)10-11-5-7-12(8-6-11)16(20)21/h5-8,13-14,16H,2-4,9-10H2,1H3,(H,22,26)(H,27,28). The van der Waals surface area contributed by atoms with E-state index in [1.165, 1.54) is 24.3 Å². The van der Waals surface area contributed by atoms with Gasteiger partial charge in [-0.1, -0.05) is 31.2 Å². The predicted molar refractivity (Wildman–Crippen MR) is 96.0 cm³/mol. The summed E-state index contributed by atoms with van der Waals surface area (Å²) in [6.45, 7) is 2.70. The van der Waals surface area contributed by atoms with E-state index in [1.807, 2.05) is 11.5 Å². The van der Waals surface area contributed by atoms with Gasteiger partial charge in [0.25, 0.3) is 6.43 Å². The molecule has 2 aromatic rings. The number of fused-ring (bicyclic) bond motifs is 1. The van der Waals surface area contributed by atoms with Crippen molar-refractivity contribution in [3.63, 3.8) is 0 Å². The first-order valence-electron chi connectivity index (χ1n) is 9.22. The van der Waals surface area contributed by atoms with E-state index < -0.39 is 30.3 Å². The summed E-state index contributed by atoms with van der Waals surface area (Å²) < 4.78 is 27.2. The Morgan fingerprint density at radius 2 is 2.00 bits per heavy atom. The van der Waals surface area contributed by atoms with Crippen LogP contribution in [0.2, 0.25) is 0 Å². The molecule has 9 heteroatoms. The Labute approximate surface area is 160 Å². The van der Waals surface area contributed by atoms with E-state index >= 15 is 0 Å². The lowest BCUT2D eigenvalue weighted by Gasteiger charge is -2.24. The summed E-state index contributed by atoms with van der Waals surface area (Å²) in [6, 6.07) is 4.27. The third-order valence-corrected chi connectivity index (χ3v) is 4.96. The first-order valence-corrected chi connectivity index (χ1v) is 9.22. The molecule has 0 radical (unpaired) electrons. The van der Waals surface area contributed by atoms with Crippen LogP contribution in [0.15, 0.2) is 24.3 Å². The Morgan fingerprint density at radius 3 is 2.61 bits per heavy atom. The number of benzene rings is 1. The minimum atomic E-state index is -2.58. The number of carbonyl (C=O) groups is 2. The number of halogens is 2. The maximum Gasteiger partial charge on any atom is 0.326 e. The number of carboxylic acid groups (broad SMARTS) is 1. The van der Waals surface area contributed by atoms with Gasteiger partial charge in [0.2, 0.25) is 5.91 Å². The number of hydrogen-bond acceptors (Lipinski definition) is 4. The SMILES string of the molecule is CCc1nnc2n1CCCC2C(=O)NC(Cc1ccc(C(F)F)cc1)C(=O)O. The molecule has 2 heterocycles. The van der Waals surface area contributed by atoms with Crippen molar-refractivity contribution in [1.82, 2.24) is 20.1 Å². The van der Waals surface area contributed by atoms with Crippen molar-refractivity contribution in [1.29, 1.82) is 0 Å². The quantitative estimate of drug-likeness (QED) is 0.755. The first kappa shape index (κ1) is 19.9. The summed E-state index contributed by atoms with van der Waals surface area (Å²) in [6.07, 6.45) is -0.523. The van der Waals surface area contributed by atoms with Gasteiger partial charge >= 0.3 is 5.97 Å². The van der Waals surface area contributed by atoms with Crippen molar-refractivity contribution >= 4 is 11.9 Å². The van der Waals surface area contributed by atoms with Crippen molar-refractivity contribution in [2.75, 3.05) is 0 Å². The van der Waals surface area contributed by atoms with Gasteiger partial charge in [0.05, 0.1) is 5.92 Å². The number of rotatable bonds is 7. The summed E-state index contributed by atoms with van der Waals surface area (Å²) >= 11 is 0. The van der Waals surface area contributed by atoms with Gasteiger partial charge in [-0.05, 0) is 18.4 Å². The predicted octanol–water partition coefficient (Wildman–Crippen LogP) is 2.47. The second-order valence-electron chi connectivity index (χ2n) is 6.82. The molecule has 0 fully saturated rings. The van der Waals surface area contributed by atoms with Gasteiger partial charge in [-0.15, -0.1) is 10.2 Å². The van der Waals surface area contributed by atoms with Crippen LogP contribution in [0.25, 0.3) is 0 Å². The van der Waals surface area contributed by atoms with Gasteiger partial charge < -0.3 is 15.0 Å². The molecule has 0 saturated heterocycles. The number of amides is 1. The van der Waals surface area contributed by atoms with Gasteiger partial charge in [0.15, 0.2) is 0 Å². The van der Waals surface area contributed by atoms with E-state index in [1.54, 1.807) is 0 Å². The fraction of sp³-hybridized carbons (Fsp3) is 0.474. The van der Waals surface area contributed by atoms with Crippen molar-refractivity contribution in [2.24, 2.45) is 0 Å². The minimum Gasteiger partial charge on any atom is -0.480 e. The topological polar surface area (TPSA) is 97.1 Å². The lowest BCUT2D eigenvalue weighted by atomic mass is 9.96. The molecule has 0 bridgehead atoms. The number of nitrogens with zero attached hydrogens (tertiary/aromatic N) is 3. The highest BCUT2D eigenvalue weighted by Crippen LogP contribution is 2.27. The van der Waals surface area contributed by atoms with E-state index in [4.69, 9.17) is 0 Å². The van der Waals surface area contributed by atoms with E-state index in [9.17, 15) is 23.5 Å². The van der Waals surface area contributed by atoms with Crippen molar-refractivity contribution in [3.8, 4) is 0 Å². The zero-order valence-corrected chi connectivity index (χ0v) is 15.4. The average Bonchev–Trinajstić information content (AvgIpc) is 3.10. The molecular weight excluding hydrogens is 370 g/mol. The maximum absolute atomic E-state index is 12.8. The fourth-order valence-corrected chi connectivity index (χ4v) is 3.45. The maximum atomic E-state index is 12.8. The van der Waals surface area contributed by atoms with Gasteiger partial charge in [-0.25, -0.2) is 13.6 Å². The molecule has 2 N–H and O–H groups in total. The van der Waals surface area contributed by atoms with Crippen LogP contribution in [-0.4, -0.2) is 37.8 Å². The second kappa shape index (κ2) is 8.45. The lowest BCUT2D eigenvalue weighted by molar-refractivity contribution is -0.142. The summed E-state index contributed by atoms with van der Waals surface area (Å²) in [5, 5.41) is 20.3. The summed E-state index contributed by atoms with van der Waals surface area (Å²) in [5.74, 6) is -0.776. The first-order chi connectivity index (χ1) is 13.4. The number of aromatic nitrogens is 3. The minimum absolute atomic E-state index is 0.00418. The molecule has 1 aliphatic heterocycles. The van der Waals surface area contributed by atoms with Crippen LogP contribution >= 0.6 is 0 Å². The number of alkyl halides is 2. The van der Waals surface area contributed by atoms with Crippen LogP contribution in [0.1, 0.15) is 54.9 Å². The van der Waals surface area contributed by atoms with Crippen molar-refractivity contribution in [3.05, 3.63) is 47.0 Å². The lowest BCUT2D eigenvalue weighted by Crippen LogP contribution is -2.45. The summed E-state index contributed by atoms with van der Waals surface area (Å²) in [7, 11) is 0. The molecule has 1 amide bonds.